The molecule has 2 aromatic heterocycles. The van der Waals surface area contributed by atoms with E-state index < -0.39 is 0 Å². The monoisotopic (exact) mass is 434 g/mol. The lowest BCUT2D eigenvalue weighted by molar-refractivity contribution is -0.114. The summed E-state index contributed by atoms with van der Waals surface area (Å²) in [6, 6.07) is 15.8. The van der Waals surface area contributed by atoms with E-state index in [4.69, 9.17) is 4.74 Å². The van der Waals surface area contributed by atoms with Gasteiger partial charge in [-0.15, -0.1) is 15.3 Å². The van der Waals surface area contributed by atoms with E-state index >= 15 is 0 Å². The molecule has 2 aromatic carbocycles. The van der Waals surface area contributed by atoms with Gasteiger partial charge in [0.15, 0.2) is 11.5 Å². The van der Waals surface area contributed by atoms with Crippen LogP contribution < -0.4 is 15.4 Å². The third kappa shape index (κ3) is 4.86. The Morgan fingerprint density at radius 2 is 1.75 bits per heavy atom. The van der Waals surface area contributed by atoms with E-state index in [1.807, 2.05) is 0 Å². The molecule has 162 valence electrons. The maximum Gasteiger partial charge on any atom is 0.251 e. The van der Waals surface area contributed by atoms with E-state index in [9.17, 15) is 14.0 Å². The van der Waals surface area contributed by atoms with Crippen LogP contribution in [0.5, 0.6) is 5.88 Å². The van der Waals surface area contributed by atoms with Gasteiger partial charge in [-0.3, -0.25) is 9.59 Å². The zero-order chi connectivity index (χ0) is 22.5. The molecule has 0 atom stereocenters. The molecule has 10 heteroatoms. The summed E-state index contributed by atoms with van der Waals surface area (Å²) in [5, 5.41) is 17.9. The minimum atomic E-state index is -0.342. The molecule has 2 amide bonds. The van der Waals surface area contributed by atoms with E-state index in [0.29, 0.717) is 34.2 Å². The summed E-state index contributed by atoms with van der Waals surface area (Å²) in [6.07, 6.45) is 0. The van der Waals surface area contributed by atoms with Crippen LogP contribution in [0.1, 0.15) is 17.3 Å². The van der Waals surface area contributed by atoms with Crippen molar-refractivity contribution in [1.29, 1.82) is 0 Å². The second kappa shape index (κ2) is 9.21. The number of hydrogen-bond acceptors (Lipinski definition) is 6. The fourth-order valence-electron chi connectivity index (χ4n) is 2.96. The second-order valence-electron chi connectivity index (χ2n) is 6.83. The van der Waals surface area contributed by atoms with Gasteiger partial charge in [0.25, 0.3) is 5.91 Å². The normalized spacial score (nSPS) is 10.7. The molecule has 0 unspecified atom stereocenters. The van der Waals surface area contributed by atoms with Gasteiger partial charge in [0.1, 0.15) is 12.4 Å². The fraction of sp³-hybridized carbons (Fsp3) is 0.136. The predicted octanol–water partition coefficient (Wildman–Crippen LogP) is 2.70. The summed E-state index contributed by atoms with van der Waals surface area (Å²) in [5.41, 5.74) is 2.27. The zero-order valence-electron chi connectivity index (χ0n) is 17.1. The maximum atomic E-state index is 13.2. The SMILES string of the molecule is CC(=O)Nc1ccc(C(=O)NCCOc2ccc3nnc(-c4ccc(F)cc4)n3n2)cc1. The molecule has 2 heterocycles. The van der Waals surface area contributed by atoms with E-state index in [-0.39, 0.29) is 30.8 Å². The molecule has 0 saturated carbocycles. The molecule has 0 saturated heterocycles. The summed E-state index contributed by atoms with van der Waals surface area (Å²) in [6.45, 7) is 1.88. The van der Waals surface area contributed by atoms with Gasteiger partial charge in [-0.2, -0.15) is 4.52 Å². The Hall–Kier alpha value is -4.34. The van der Waals surface area contributed by atoms with Crippen LogP contribution in [0.4, 0.5) is 10.1 Å². The topological polar surface area (TPSA) is 111 Å². The highest BCUT2D eigenvalue weighted by Gasteiger charge is 2.11. The Morgan fingerprint density at radius 3 is 2.47 bits per heavy atom. The van der Waals surface area contributed by atoms with Crippen LogP contribution in [-0.2, 0) is 4.79 Å². The largest absolute Gasteiger partial charge is 0.475 e. The molecule has 0 fully saturated rings. The first kappa shape index (κ1) is 20.9. The highest BCUT2D eigenvalue weighted by molar-refractivity contribution is 5.95. The van der Waals surface area contributed by atoms with E-state index in [2.05, 4.69) is 25.9 Å². The van der Waals surface area contributed by atoms with Gasteiger partial charge >= 0.3 is 0 Å². The van der Waals surface area contributed by atoms with Crippen molar-refractivity contribution in [2.24, 2.45) is 0 Å². The maximum absolute atomic E-state index is 13.2. The summed E-state index contributed by atoms with van der Waals surface area (Å²) < 4.78 is 20.3. The minimum absolute atomic E-state index is 0.178. The highest BCUT2D eigenvalue weighted by Crippen LogP contribution is 2.19. The van der Waals surface area contributed by atoms with Gasteiger partial charge in [0.05, 0.1) is 6.54 Å². The Bertz CT molecular complexity index is 1260. The molecule has 4 rings (SSSR count). The Balaban J connectivity index is 1.34. The third-order valence-corrected chi connectivity index (χ3v) is 4.45. The number of rotatable bonds is 7. The van der Waals surface area contributed by atoms with Crippen molar-refractivity contribution in [2.75, 3.05) is 18.5 Å². The Labute approximate surface area is 182 Å². The molecular weight excluding hydrogens is 415 g/mol. The van der Waals surface area contributed by atoms with Gasteiger partial charge < -0.3 is 15.4 Å². The van der Waals surface area contributed by atoms with Gasteiger partial charge in [0.2, 0.25) is 11.8 Å². The molecule has 0 spiro atoms. The number of fused-ring (bicyclic) bond motifs is 1. The number of hydrogen-bond donors (Lipinski definition) is 2. The number of amides is 2. The average molecular weight is 434 g/mol. The van der Waals surface area contributed by atoms with Crippen LogP contribution in [0.25, 0.3) is 17.0 Å². The molecule has 4 aromatic rings. The van der Waals surface area contributed by atoms with Crippen LogP contribution in [0.3, 0.4) is 0 Å². The smallest absolute Gasteiger partial charge is 0.251 e. The first-order valence-electron chi connectivity index (χ1n) is 9.77. The van der Waals surface area contributed by atoms with Gasteiger partial charge in [-0.1, -0.05) is 0 Å². The van der Waals surface area contributed by atoms with Crippen molar-refractivity contribution in [2.45, 2.75) is 6.92 Å². The van der Waals surface area contributed by atoms with Crippen LogP contribution in [0, 0.1) is 5.82 Å². The van der Waals surface area contributed by atoms with Crippen LogP contribution in [-0.4, -0.2) is 44.8 Å². The Kier molecular flexibility index (Phi) is 6.02. The molecular formula is C22H19FN6O3. The number of carbonyl (C=O) groups is 2. The van der Waals surface area contributed by atoms with Crippen molar-refractivity contribution < 1.29 is 18.7 Å². The molecule has 0 aliphatic heterocycles. The highest BCUT2D eigenvalue weighted by atomic mass is 19.1. The molecule has 0 bridgehead atoms. The number of anilines is 1. The van der Waals surface area contributed by atoms with Crippen molar-refractivity contribution in [3.8, 4) is 17.3 Å². The lowest BCUT2D eigenvalue weighted by atomic mass is 10.2. The number of benzene rings is 2. The first-order valence-corrected chi connectivity index (χ1v) is 9.77. The lowest BCUT2D eigenvalue weighted by Crippen LogP contribution is -2.28. The predicted molar refractivity (Wildman–Crippen MR) is 115 cm³/mol. The number of carbonyl (C=O) groups excluding carboxylic acids is 2. The standard InChI is InChI=1S/C22H19FN6O3/c1-14(30)25-18-8-4-16(5-9-18)22(31)24-12-13-32-20-11-10-19-26-27-21(29(19)28-20)15-2-6-17(23)7-3-15/h2-11H,12-13H2,1H3,(H,24,31)(H,25,30). The first-order chi connectivity index (χ1) is 15.5. The van der Waals surface area contributed by atoms with E-state index in [1.54, 1.807) is 48.5 Å². The zero-order valence-corrected chi connectivity index (χ0v) is 17.1. The lowest BCUT2D eigenvalue weighted by Gasteiger charge is -2.08. The van der Waals surface area contributed by atoms with Crippen molar-refractivity contribution in [3.63, 3.8) is 0 Å². The Morgan fingerprint density at radius 1 is 1.00 bits per heavy atom. The quantitative estimate of drug-likeness (QED) is 0.433. The summed E-state index contributed by atoms with van der Waals surface area (Å²) in [4.78, 5) is 23.3. The van der Waals surface area contributed by atoms with Gasteiger partial charge in [0, 0.05) is 29.8 Å². The number of nitrogens with zero attached hydrogens (tertiary/aromatic N) is 4. The number of aromatic nitrogens is 4. The van der Waals surface area contributed by atoms with E-state index in [0.717, 1.165) is 0 Å². The molecule has 2 N–H and O–H groups in total. The molecule has 32 heavy (non-hydrogen) atoms. The molecule has 9 nitrogen and oxygen atoms in total. The summed E-state index contributed by atoms with van der Waals surface area (Å²) in [7, 11) is 0. The van der Waals surface area contributed by atoms with Crippen LogP contribution >= 0.6 is 0 Å². The second-order valence-corrected chi connectivity index (χ2v) is 6.83. The molecule has 0 radical (unpaired) electrons. The fourth-order valence-corrected chi connectivity index (χ4v) is 2.96. The third-order valence-electron chi connectivity index (χ3n) is 4.45. The number of nitrogens with one attached hydrogen (secondary N) is 2. The number of halogens is 1. The van der Waals surface area contributed by atoms with Gasteiger partial charge in [-0.25, -0.2) is 4.39 Å². The van der Waals surface area contributed by atoms with Gasteiger partial charge in [-0.05, 0) is 54.6 Å². The van der Waals surface area contributed by atoms with Crippen LogP contribution in [0.15, 0.2) is 60.7 Å². The average Bonchev–Trinajstić information content (AvgIpc) is 3.20. The van der Waals surface area contributed by atoms with Crippen molar-refractivity contribution >= 4 is 23.1 Å². The van der Waals surface area contributed by atoms with E-state index in [1.165, 1.54) is 23.6 Å². The van der Waals surface area contributed by atoms with Crippen molar-refractivity contribution in [3.05, 3.63) is 72.0 Å². The minimum Gasteiger partial charge on any atom is -0.475 e. The molecule has 0 aliphatic rings. The van der Waals surface area contributed by atoms with Crippen LogP contribution in [0.2, 0.25) is 0 Å². The molecule has 0 aliphatic carbocycles. The number of ether oxygens (including phenoxy) is 1. The van der Waals surface area contributed by atoms with Crippen molar-refractivity contribution in [1.82, 2.24) is 25.1 Å². The summed E-state index contributed by atoms with van der Waals surface area (Å²) >= 11 is 0. The summed E-state index contributed by atoms with van der Waals surface area (Å²) in [5.74, 6) is 0.00695.